The molecular weight excluding hydrogens is 254 g/mol. The first kappa shape index (κ1) is 14.7. The van der Waals surface area contributed by atoms with Gasteiger partial charge in [-0.3, -0.25) is 0 Å². The Morgan fingerprint density at radius 2 is 2.12 bits per heavy atom. The average molecular weight is 275 g/mol. The molecule has 1 aromatic rings. The van der Waals surface area contributed by atoms with Gasteiger partial charge in [0, 0.05) is 12.3 Å². The smallest absolute Gasteiger partial charge is 0.154 e. The van der Waals surface area contributed by atoms with E-state index in [9.17, 15) is 8.42 Å². The lowest BCUT2D eigenvalue weighted by molar-refractivity contribution is 0.411. The number of sulfone groups is 1. The van der Waals surface area contributed by atoms with Crippen molar-refractivity contribution in [2.75, 3.05) is 13.3 Å². The highest BCUT2D eigenvalue weighted by atomic mass is 32.2. The Labute approximate surface area is 108 Å². The van der Waals surface area contributed by atoms with E-state index in [-0.39, 0.29) is 6.04 Å². The Morgan fingerprint density at radius 1 is 1.47 bits per heavy atom. The molecule has 0 aliphatic carbocycles. The summed E-state index contributed by atoms with van der Waals surface area (Å²) in [7, 11) is -1.24. The van der Waals surface area contributed by atoms with Crippen molar-refractivity contribution >= 4 is 21.2 Å². The topological polar surface area (TPSA) is 46.2 Å². The predicted molar refractivity (Wildman–Crippen MR) is 74.4 cm³/mol. The van der Waals surface area contributed by atoms with Gasteiger partial charge in [-0.05, 0) is 56.1 Å². The van der Waals surface area contributed by atoms with Gasteiger partial charge in [0.2, 0.25) is 0 Å². The van der Waals surface area contributed by atoms with Crippen molar-refractivity contribution in [2.45, 2.75) is 37.5 Å². The first-order valence-electron chi connectivity index (χ1n) is 5.67. The van der Waals surface area contributed by atoms with Gasteiger partial charge < -0.3 is 5.32 Å². The van der Waals surface area contributed by atoms with Crippen molar-refractivity contribution in [1.29, 1.82) is 0 Å². The summed E-state index contributed by atoms with van der Waals surface area (Å²) >= 11 is 1.67. The lowest BCUT2D eigenvalue weighted by Crippen LogP contribution is -2.50. The van der Waals surface area contributed by atoms with E-state index in [2.05, 4.69) is 16.8 Å². The summed E-state index contributed by atoms with van der Waals surface area (Å²) in [6.07, 6.45) is 3.04. The Kier molecular flexibility index (Phi) is 4.75. The average Bonchev–Trinajstić information content (AvgIpc) is 2.69. The summed E-state index contributed by atoms with van der Waals surface area (Å²) in [5.41, 5.74) is 1.28. The van der Waals surface area contributed by atoms with Crippen LogP contribution in [0.1, 0.15) is 25.8 Å². The number of hydrogen-bond donors (Lipinski definition) is 1. The van der Waals surface area contributed by atoms with Crippen LogP contribution in [0.2, 0.25) is 0 Å². The van der Waals surface area contributed by atoms with Crippen LogP contribution in [0, 0.1) is 0 Å². The number of thiophene rings is 1. The summed E-state index contributed by atoms with van der Waals surface area (Å²) in [6.45, 7) is 3.58. The zero-order valence-corrected chi connectivity index (χ0v) is 12.5. The fraction of sp³-hybridized carbons (Fsp3) is 0.667. The van der Waals surface area contributed by atoms with E-state index in [0.29, 0.717) is 0 Å². The van der Waals surface area contributed by atoms with E-state index >= 15 is 0 Å². The molecule has 0 bridgehead atoms. The second kappa shape index (κ2) is 5.50. The number of nitrogens with one attached hydrogen (secondary N) is 1. The number of aryl methyl sites for hydroxylation is 1. The SMILES string of the molecule is CNC(CCc1ccsc1)C(C)(C)S(C)(=O)=O. The molecule has 98 valence electrons. The normalized spacial score (nSPS) is 14.8. The van der Waals surface area contributed by atoms with Gasteiger partial charge in [0.15, 0.2) is 9.84 Å². The van der Waals surface area contributed by atoms with E-state index in [1.807, 2.05) is 12.4 Å². The molecule has 0 spiro atoms. The van der Waals surface area contributed by atoms with E-state index in [1.54, 1.807) is 25.2 Å². The molecule has 0 saturated heterocycles. The summed E-state index contributed by atoms with van der Waals surface area (Å²) in [5.74, 6) is 0. The van der Waals surface area contributed by atoms with Crippen LogP contribution in [0.25, 0.3) is 0 Å². The summed E-state index contributed by atoms with van der Waals surface area (Å²) in [6, 6.07) is 2.06. The third kappa shape index (κ3) is 3.53. The summed E-state index contributed by atoms with van der Waals surface area (Å²) in [5, 5.41) is 7.29. The van der Waals surface area contributed by atoms with E-state index in [4.69, 9.17) is 0 Å². The third-order valence-corrected chi connectivity index (χ3v) is 6.37. The minimum atomic E-state index is -3.06. The maximum Gasteiger partial charge on any atom is 0.154 e. The van der Waals surface area contributed by atoms with Gasteiger partial charge in [-0.15, -0.1) is 0 Å². The largest absolute Gasteiger partial charge is 0.315 e. The molecule has 0 radical (unpaired) electrons. The summed E-state index contributed by atoms with van der Waals surface area (Å²) in [4.78, 5) is 0. The maximum absolute atomic E-state index is 11.8. The van der Waals surface area contributed by atoms with Crippen LogP contribution >= 0.6 is 11.3 Å². The molecule has 1 aromatic heterocycles. The van der Waals surface area contributed by atoms with Crippen LogP contribution in [0.4, 0.5) is 0 Å². The Morgan fingerprint density at radius 3 is 2.53 bits per heavy atom. The van der Waals surface area contributed by atoms with Crippen molar-refractivity contribution in [3.8, 4) is 0 Å². The van der Waals surface area contributed by atoms with Crippen molar-refractivity contribution in [3.05, 3.63) is 22.4 Å². The first-order valence-corrected chi connectivity index (χ1v) is 8.50. The van der Waals surface area contributed by atoms with Crippen LogP contribution in [-0.4, -0.2) is 32.5 Å². The molecule has 1 rings (SSSR count). The standard InChI is InChI=1S/C12H21NO2S2/c1-12(2,17(4,14)15)11(13-3)6-5-10-7-8-16-9-10/h7-9,11,13H,5-6H2,1-4H3. The molecule has 0 fully saturated rings. The molecule has 0 aromatic carbocycles. The molecule has 3 nitrogen and oxygen atoms in total. The van der Waals surface area contributed by atoms with Crippen LogP contribution < -0.4 is 5.32 Å². The van der Waals surface area contributed by atoms with Gasteiger partial charge in [0.05, 0.1) is 4.75 Å². The van der Waals surface area contributed by atoms with Crippen LogP contribution in [0.15, 0.2) is 16.8 Å². The first-order chi connectivity index (χ1) is 7.79. The van der Waals surface area contributed by atoms with Gasteiger partial charge in [-0.2, -0.15) is 11.3 Å². The minimum absolute atomic E-state index is 0.0302. The fourth-order valence-electron chi connectivity index (χ4n) is 1.84. The molecule has 17 heavy (non-hydrogen) atoms. The zero-order valence-electron chi connectivity index (χ0n) is 10.9. The van der Waals surface area contributed by atoms with Gasteiger partial charge in [-0.1, -0.05) is 0 Å². The lowest BCUT2D eigenvalue weighted by atomic mass is 9.97. The number of rotatable bonds is 6. The highest BCUT2D eigenvalue weighted by molar-refractivity contribution is 7.92. The van der Waals surface area contributed by atoms with Gasteiger partial charge in [0.25, 0.3) is 0 Å². The monoisotopic (exact) mass is 275 g/mol. The molecule has 1 atom stereocenters. The number of hydrogen-bond acceptors (Lipinski definition) is 4. The molecule has 5 heteroatoms. The third-order valence-electron chi connectivity index (χ3n) is 3.45. The molecular formula is C12H21NO2S2. The highest BCUT2D eigenvalue weighted by Gasteiger charge is 2.37. The maximum atomic E-state index is 11.8. The van der Waals surface area contributed by atoms with E-state index < -0.39 is 14.6 Å². The minimum Gasteiger partial charge on any atom is -0.315 e. The van der Waals surface area contributed by atoms with Crippen LogP contribution in [0.3, 0.4) is 0 Å². The quantitative estimate of drug-likeness (QED) is 0.865. The van der Waals surface area contributed by atoms with Gasteiger partial charge in [0.1, 0.15) is 0 Å². The Hall–Kier alpha value is -0.390. The second-order valence-electron chi connectivity index (χ2n) is 4.89. The van der Waals surface area contributed by atoms with Gasteiger partial charge >= 0.3 is 0 Å². The molecule has 0 amide bonds. The predicted octanol–water partition coefficient (Wildman–Crippen LogP) is 2.09. The van der Waals surface area contributed by atoms with E-state index in [1.165, 1.54) is 11.8 Å². The highest BCUT2D eigenvalue weighted by Crippen LogP contribution is 2.23. The van der Waals surface area contributed by atoms with Crippen molar-refractivity contribution in [1.82, 2.24) is 5.32 Å². The fourth-order valence-corrected chi connectivity index (χ4v) is 3.30. The molecule has 0 aliphatic rings. The second-order valence-corrected chi connectivity index (χ2v) is 8.26. The molecule has 0 saturated carbocycles. The molecule has 0 aliphatic heterocycles. The van der Waals surface area contributed by atoms with Crippen LogP contribution in [-0.2, 0) is 16.3 Å². The van der Waals surface area contributed by atoms with E-state index in [0.717, 1.165) is 12.8 Å². The van der Waals surface area contributed by atoms with Crippen molar-refractivity contribution in [3.63, 3.8) is 0 Å². The molecule has 1 N–H and O–H groups in total. The summed E-state index contributed by atoms with van der Waals surface area (Å²) < 4.78 is 22.8. The molecule has 1 unspecified atom stereocenters. The lowest BCUT2D eigenvalue weighted by Gasteiger charge is -2.32. The van der Waals surface area contributed by atoms with Crippen LogP contribution in [0.5, 0.6) is 0 Å². The van der Waals surface area contributed by atoms with Gasteiger partial charge in [-0.25, -0.2) is 8.42 Å². The zero-order chi connectivity index (χ0) is 13.1. The molecule has 1 heterocycles. The van der Waals surface area contributed by atoms with Crippen molar-refractivity contribution in [2.24, 2.45) is 0 Å². The Bertz CT molecular complexity index is 435. The Balaban J connectivity index is 2.72. The van der Waals surface area contributed by atoms with Crippen molar-refractivity contribution < 1.29 is 8.42 Å².